The van der Waals surface area contributed by atoms with E-state index in [1.807, 2.05) is 6.92 Å². The number of ether oxygens (including phenoxy) is 1. The van der Waals surface area contributed by atoms with E-state index in [9.17, 15) is 4.79 Å². The summed E-state index contributed by atoms with van der Waals surface area (Å²) in [6, 6.07) is 0.177. The van der Waals surface area contributed by atoms with E-state index < -0.39 is 0 Å². The van der Waals surface area contributed by atoms with Crippen molar-refractivity contribution in [1.82, 2.24) is 5.32 Å². The van der Waals surface area contributed by atoms with E-state index in [0.717, 1.165) is 19.4 Å². The van der Waals surface area contributed by atoms with Crippen LogP contribution in [0.25, 0.3) is 0 Å². The second kappa shape index (κ2) is 5.98. The molecule has 1 saturated heterocycles. The van der Waals surface area contributed by atoms with Crippen molar-refractivity contribution in [3.8, 4) is 0 Å². The first-order valence-electron chi connectivity index (χ1n) is 5.26. The Morgan fingerprint density at radius 3 is 2.93 bits per heavy atom. The monoisotopic (exact) mass is 201 g/mol. The van der Waals surface area contributed by atoms with E-state index in [2.05, 4.69) is 5.32 Å². The molecule has 0 aromatic rings. The number of hydrogen-bond donors (Lipinski definition) is 2. The summed E-state index contributed by atoms with van der Waals surface area (Å²) >= 11 is 0. The number of carbonyl (C=O) groups is 1. The fourth-order valence-corrected chi connectivity index (χ4v) is 1.60. The molecule has 1 rings (SSSR count). The lowest BCUT2D eigenvalue weighted by atomic mass is 10.1. The fourth-order valence-electron chi connectivity index (χ4n) is 1.60. The van der Waals surface area contributed by atoms with E-state index in [4.69, 9.17) is 9.84 Å². The molecule has 2 unspecified atom stereocenters. The maximum atomic E-state index is 11.4. The number of carbonyl (C=O) groups excluding carboxylic acids is 1. The lowest BCUT2D eigenvalue weighted by molar-refractivity contribution is -0.122. The summed E-state index contributed by atoms with van der Waals surface area (Å²) in [5.41, 5.74) is 0. The third kappa shape index (κ3) is 3.64. The Balaban J connectivity index is 2.13. The summed E-state index contributed by atoms with van der Waals surface area (Å²) in [6.45, 7) is 2.88. The van der Waals surface area contributed by atoms with Gasteiger partial charge in [-0.1, -0.05) is 0 Å². The average Bonchev–Trinajstić information content (AvgIpc) is 2.52. The number of nitrogens with one attached hydrogen (secondary N) is 1. The van der Waals surface area contributed by atoms with Crippen LogP contribution >= 0.6 is 0 Å². The average molecular weight is 201 g/mol. The van der Waals surface area contributed by atoms with Gasteiger partial charge < -0.3 is 15.2 Å². The van der Waals surface area contributed by atoms with Crippen molar-refractivity contribution in [3.63, 3.8) is 0 Å². The Bertz CT molecular complexity index is 184. The highest BCUT2D eigenvalue weighted by Crippen LogP contribution is 2.12. The molecule has 0 bridgehead atoms. The van der Waals surface area contributed by atoms with Gasteiger partial charge >= 0.3 is 0 Å². The summed E-state index contributed by atoms with van der Waals surface area (Å²) < 4.78 is 5.34. The van der Waals surface area contributed by atoms with Crippen LogP contribution in [0.4, 0.5) is 0 Å². The molecule has 0 aromatic carbocycles. The number of amides is 1. The predicted molar refractivity (Wildman–Crippen MR) is 52.9 cm³/mol. The van der Waals surface area contributed by atoms with E-state index >= 15 is 0 Å². The van der Waals surface area contributed by atoms with Gasteiger partial charge in [0.2, 0.25) is 5.91 Å². The summed E-state index contributed by atoms with van der Waals surface area (Å²) in [5.74, 6) is 0.0702. The SMILES string of the molecule is CC1OCCC1NC(=O)CCCCO. The van der Waals surface area contributed by atoms with Crippen LogP contribution in [-0.4, -0.2) is 36.4 Å². The van der Waals surface area contributed by atoms with Crippen LogP contribution in [0, 0.1) is 0 Å². The normalized spacial score (nSPS) is 26.4. The molecule has 0 aromatic heterocycles. The zero-order chi connectivity index (χ0) is 10.4. The molecular weight excluding hydrogens is 182 g/mol. The van der Waals surface area contributed by atoms with E-state index in [0.29, 0.717) is 12.8 Å². The first kappa shape index (κ1) is 11.5. The fraction of sp³-hybridized carbons (Fsp3) is 0.900. The summed E-state index contributed by atoms with van der Waals surface area (Å²) in [7, 11) is 0. The first-order chi connectivity index (χ1) is 6.74. The third-order valence-corrected chi connectivity index (χ3v) is 2.53. The lowest BCUT2D eigenvalue weighted by Crippen LogP contribution is -2.39. The minimum absolute atomic E-state index is 0.0702. The van der Waals surface area contributed by atoms with Crippen molar-refractivity contribution in [2.75, 3.05) is 13.2 Å². The van der Waals surface area contributed by atoms with Crippen molar-refractivity contribution in [1.29, 1.82) is 0 Å². The van der Waals surface area contributed by atoms with Gasteiger partial charge in [0.05, 0.1) is 12.1 Å². The molecule has 1 heterocycles. The van der Waals surface area contributed by atoms with Gasteiger partial charge in [0.15, 0.2) is 0 Å². The maximum absolute atomic E-state index is 11.4. The first-order valence-corrected chi connectivity index (χ1v) is 5.26. The van der Waals surface area contributed by atoms with Gasteiger partial charge in [0.1, 0.15) is 0 Å². The number of aliphatic hydroxyl groups excluding tert-OH is 1. The third-order valence-electron chi connectivity index (χ3n) is 2.53. The van der Waals surface area contributed by atoms with Gasteiger partial charge in [-0.3, -0.25) is 4.79 Å². The van der Waals surface area contributed by atoms with Gasteiger partial charge in [-0.15, -0.1) is 0 Å². The highest BCUT2D eigenvalue weighted by Gasteiger charge is 2.25. The van der Waals surface area contributed by atoms with Gasteiger partial charge in [-0.25, -0.2) is 0 Å². The van der Waals surface area contributed by atoms with Crippen LogP contribution in [0.5, 0.6) is 0 Å². The second-order valence-electron chi connectivity index (χ2n) is 3.72. The number of hydrogen-bond acceptors (Lipinski definition) is 3. The molecule has 1 amide bonds. The van der Waals surface area contributed by atoms with E-state index in [-0.39, 0.29) is 24.7 Å². The number of rotatable bonds is 5. The van der Waals surface area contributed by atoms with Gasteiger partial charge in [-0.2, -0.15) is 0 Å². The molecular formula is C10H19NO3. The molecule has 2 atom stereocenters. The van der Waals surface area contributed by atoms with Crippen molar-refractivity contribution in [3.05, 3.63) is 0 Å². The highest BCUT2D eigenvalue weighted by atomic mass is 16.5. The van der Waals surface area contributed by atoms with E-state index in [1.165, 1.54) is 0 Å². The Morgan fingerprint density at radius 2 is 2.36 bits per heavy atom. The Labute approximate surface area is 84.6 Å². The van der Waals surface area contributed by atoms with Crippen LogP contribution in [-0.2, 0) is 9.53 Å². The highest BCUT2D eigenvalue weighted by molar-refractivity contribution is 5.76. The molecule has 0 saturated carbocycles. The molecule has 1 aliphatic heterocycles. The van der Waals surface area contributed by atoms with Crippen molar-refractivity contribution in [2.45, 2.75) is 44.8 Å². The summed E-state index contributed by atoms with van der Waals surface area (Å²) in [6.07, 6.45) is 3.00. The Hall–Kier alpha value is -0.610. The second-order valence-corrected chi connectivity index (χ2v) is 3.72. The minimum atomic E-state index is 0.0702. The summed E-state index contributed by atoms with van der Waals surface area (Å²) in [4.78, 5) is 11.4. The Morgan fingerprint density at radius 1 is 1.57 bits per heavy atom. The Kier molecular flexibility index (Phi) is 4.90. The van der Waals surface area contributed by atoms with Crippen LogP contribution in [0.1, 0.15) is 32.6 Å². The lowest BCUT2D eigenvalue weighted by Gasteiger charge is -2.15. The molecule has 82 valence electrons. The van der Waals surface area contributed by atoms with Crippen molar-refractivity contribution in [2.24, 2.45) is 0 Å². The topological polar surface area (TPSA) is 58.6 Å². The molecule has 1 fully saturated rings. The van der Waals surface area contributed by atoms with Gasteiger partial charge in [-0.05, 0) is 26.2 Å². The van der Waals surface area contributed by atoms with Crippen molar-refractivity contribution < 1.29 is 14.6 Å². The molecule has 1 aliphatic rings. The van der Waals surface area contributed by atoms with Crippen LogP contribution in [0.3, 0.4) is 0 Å². The quantitative estimate of drug-likeness (QED) is 0.635. The van der Waals surface area contributed by atoms with Gasteiger partial charge in [0, 0.05) is 19.6 Å². The van der Waals surface area contributed by atoms with Crippen molar-refractivity contribution >= 4 is 5.91 Å². The van der Waals surface area contributed by atoms with Crippen LogP contribution in [0.15, 0.2) is 0 Å². The van der Waals surface area contributed by atoms with E-state index in [1.54, 1.807) is 0 Å². The molecule has 14 heavy (non-hydrogen) atoms. The van der Waals surface area contributed by atoms with Crippen LogP contribution in [0.2, 0.25) is 0 Å². The standard InChI is InChI=1S/C10H19NO3/c1-8-9(5-7-14-8)11-10(13)4-2-3-6-12/h8-9,12H,2-7H2,1H3,(H,11,13). The minimum Gasteiger partial charge on any atom is -0.396 e. The number of unbranched alkanes of at least 4 members (excludes halogenated alkanes) is 1. The molecule has 0 spiro atoms. The smallest absolute Gasteiger partial charge is 0.220 e. The molecule has 2 N–H and O–H groups in total. The van der Waals surface area contributed by atoms with Gasteiger partial charge in [0.25, 0.3) is 0 Å². The number of aliphatic hydroxyl groups is 1. The van der Waals surface area contributed by atoms with Crippen LogP contribution < -0.4 is 5.32 Å². The zero-order valence-corrected chi connectivity index (χ0v) is 8.66. The molecule has 4 heteroatoms. The zero-order valence-electron chi connectivity index (χ0n) is 8.66. The predicted octanol–water partition coefficient (Wildman–Crippen LogP) is 0.443. The molecule has 0 aliphatic carbocycles. The largest absolute Gasteiger partial charge is 0.396 e. The molecule has 4 nitrogen and oxygen atoms in total. The summed E-state index contributed by atoms with van der Waals surface area (Å²) in [5, 5.41) is 11.5. The maximum Gasteiger partial charge on any atom is 0.220 e. The molecule has 0 radical (unpaired) electrons.